The topological polar surface area (TPSA) is 59.8 Å². The van der Waals surface area contributed by atoms with Crippen LogP contribution in [0.15, 0.2) is 35.5 Å². The Morgan fingerprint density at radius 2 is 1.96 bits per heavy atom. The van der Waals surface area contributed by atoms with Crippen molar-refractivity contribution in [2.75, 3.05) is 5.32 Å². The number of hydrogen-bond donors (Lipinski definition) is 1. The zero-order valence-corrected chi connectivity index (χ0v) is 13.6. The Morgan fingerprint density at radius 1 is 1.23 bits per heavy atom. The number of fused-ring (bicyclic) bond motifs is 1. The normalized spacial score (nSPS) is 22.7. The summed E-state index contributed by atoms with van der Waals surface area (Å²) in [7, 11) is 0. The number of ketones is 1. The van der Waals surface area contributed by atoms with Crippen molar-refractivity contribution in [2.45, 2.75) is 32.0 Å². The van der Waals surface area contributed by atoms with E-state index in [1.807, 2.05) is 6.92 Å². The summed E-state index contributed by atoms with van der Waals surface area (Å²) in [6.07, 6.45) is -4.02. The highest BCUT2D eigenvalue weighted by molar-refractivity contribution is 5.99. The molecule has 2 atom stereocenters. The molecule has 0 radical (unpaired) electrons. The molecule has 1 aromatic heterocycles. The van der Waals surface area contributed by atoms with Gasteiger partial charge in [-0.1, -0.05) is 25.1 Å². The maximum Gasteiger partial charge on any atom is 0.453 e. The number of halogens is 4. The molecule has 0 bridgehead atoms. The smallest absolute Gasteiger partial charge is 0.328 e. The van der Waals surface area contributed by atoms with Gasteiger partial charge in [-0.2, -0.15) is 18.2 Å². The van der Waals surface area contributed by atoms with Gasteiger partial charge in [-0.15, -0.1) is 5.10 Å². The molecule has 0 saturated heterocycles. The van der Waals surface area contributed by atoms with Crippen LogP contribution >= 0.6 is 0 Å². The van der Waals surface area contributed by atoms with E-state index in [1.54, 1.807) is 6.07 Å². The number of hydrogen-bond acceptors (Lipinski definition) is 4. The molecule has 0 amide bonds. The number of benzene rings is 1. The molecule has 1 N–H and O–H groups in total. The van der Waals surface area contributed by atoms with Crippen molar-refractivity contribution in [3.05, 3.63) is 52.7 Å². The van der Waals surface area contributed by atoms with E-state index < -0.39 is 23.9 Å². The molecule has 2 unspecified atom stereocenters. The zero-order valence-electron chi connectivity index (χ0n) is 13.6. The van der Waals surface area contributed by atoms with Gasteiger partial charge in [0.25, 0.3) is 5.82 Å². The SMILES string of the molecule is CC1CC(=O)C2=C(C1)Nc1nc(C(F)(F)F)nn1C2c1ccccc1F. The second-order valence-electron chi connectivity index (χ2n) is 6.58. The van der Waals surface area contributed by atoms with E-state index in [0.717, 1.165) is 4.68 Å². The first-order chi connectivity index (χ1) is 12.3. The Labute approximate surface area is 145 Å². The van der Waals surface area contributed by atoms with Crippen LogP contribution in [0.2, 0.25) is 0 Å². The summed E-state index contributed by atoms with van der Waals surface area (Å²) in [5, 5.41) is 6.33. The highest BCUT2D eigenvalue weighted by Gasteiger charge is 2.43. The molecule has 2 aromatic rings. The van der Waals surface area contributed by atoms with Crippen LogP contribution in [-0.2, 0) is 11.0 Å². The maximum absolute atomic E-state index is 14.4. The second-order valence-corrected chi connectivity index (χ2v) is 6.58. The molecule has 5 nitrogen and oxygen atoms in total. The molecule has 26 heavy (non-hydrogen) atoms. The molecule has 2 heterocycles. The van der Waals surface area contributed by atoms with Gasteiger partial charge in [0.2, 0.25) is 5.95 Å². The molecule has 136 valence electrons. The Bertz CT molecular complexity index is 931. The monoisotopic (exact) mass is 366 g/mol. The first-order valence-electron chi connectivity index (χ1n) is 8.07. The third kappa shape index (κ3) is 2.58. The van der Waals surface area contributed by atoms with E-state index in [4.69, 9.17) is 0 Å². The van der Waals surface area contributed by atoms with Crippen molar-refractivity contribution in [3.63, 3.8) is 0 Å². The molecule has 0 spiro atoms. The van der Waals surface area contributed by atoms with Crippen LogP contribution in [0.5, 0.6) is 0 Å². The predicted molar refractivity (Wildman–Crippen MR) is 83.6 cm³/mol. The molecule has 1 aliphatic heterocycles. The minimum atomic E-state index is -4.75. The molecule has 0 saturated carbocycles. The highest BCUT2D eigenvalue weighted by atomic mass is 19.4. The zero-order chi connectivity index (χ0) is 18.6. The van der Waals surface area contributed by atoms with Gasteiger partial charge in [0.05, 0.1) is 0 Å². The van der Waals surface area contributed by atoms with Crippen LogP contribution in [0.3, 0.4) is 0 Å². The Balaban J connectivity index is 1.94. The predicted octanol–water partition coefficient (Wildman–Crippen LogP) is 3.70. The summed E-state index contributed by atoms with van der Waals surface area (Å²) in [6, 6.07) is 4.61. The van der Waals surface area contributed by atoms with Crippen LogP contribution in [0.25, 0.3) is 0 Å². The number of carbonyl (C=O) groups is 1. The number of Topliss-reactive ketones (excluding diaryl/α,β-unsaturated/α-hetero) is 1. The van der Waals surface area contributed by atoms with Gasteiger partial charge in [0.1, 0.15) is 11.9 Å². The third-order valence-electron chi connectivity index (χ3n) is 4.58. The standard InChI is InChI=1S/C17H14F4N4O/c1-8-6-11-13(12(26)7-8)14(9-4-2-3-5-10(9)18)25-16(22-11)23-15(24-25)17(19,20)21/h2-5,8,14H,6-7H2,1H3,(H,22,23,24). The van der Waals surface area contributed by atoms with Gasteiger partial charge < -0.3 is 5.32 Å². The van der Waals surface area contributed by atoms with E-state index in [-0.39, 0.29) is 35.2 Å². The Hall–Kier alpha value is -2.71. The third-order valence-corrected chi connectivity index (χ3v) is 4.58. The summed E-state index contributed by atoms with van der Waals surface area (Å²) in [6.45, 7) is 1.88. The molecular weight excluding hydrogens is 352 g/mol. The van der Waals surface area contributed by atoms with Crippen molar-refractivity contribution in [1.29, 1.82) is 0 Å². The average molecular weight is 366 g/mol. The number of rotatable bonds is 1. The number of nitrogens with one attached hydrogen (secondary N) is 1. The van der Waals surface area contributed by atoms with Crippen LogP contribution in [0.4, 0.5) is 23.5 Å². The van der Waals surface area contributed by atoms with Gasteiger partial charge in [-0.05, 0) is 18.4 Å². The van der Waals surface area contributed by atoms with Crippen LogP contribution < -0.4 is 5.32 Å². The fourth-order valence-corrected chi connectivity index (χ4v) is 3.51. The van der Waals surface area contributed by atoms with E-state index in [9.17, 15) is 22.4 Å². The lowest BCUT2D eigenvalue weighted by atomic mass is 9.81. The lowest BCUT2D eigenvalue weighted by molar-refractivity contribution is -0.145. The fourth-order valence-electron chi connectivity index (χ4n) is 3.51. The van der Waals surface area contributed by atoms with Crippen LogP contribution in [0.1, 0.15) is 37.2 Å². The van der Waals surface area contributed by atoms with Crippen LogP contribution in [0, 0.1) is 11.7 Å². The van der Waals surface area contributed by atoms with E-state index in [2.05, 4.69) is 15.4 Å². The van der Waals surface area contributed by atoms with Gasteiger partial charge >= 0.3 is 6.18 Å². The fraction of sp³-hybridized carbons (Fsp3) is 0.353. The second kappa shape index (κ2) is 5.65. The summed E-state index contributed by atoms with van der Waals surface area (Å²) in [4.78, 5) is 16.2. The number of aromatic nitrogens is 3. The lowest BCUT2D eigenvalue weighted by Crippen LogP contribution is -2.34. The van der Waals surface area contributed by atoms with Gasteiger partial charge in [0, 0.05) is 23.3 Å². The Morgan fingerprint density at radius 3 is 2.65 bits per heavy atom. The van der Waals surface area contributed by atoms with Gasteiger partial charge in [-0.3, -0.25) is 4.79 Å². The first-order valence-corrected chi connectivity index (χ1v) is 8.07. The minimum absolute atomic E-state index is 0.0339. The molecule has 1 aliphatic carbocycles. The minimum Gasteiger partial charge on any atom is -0.328 e. The van der Waals surface area contributed by atoms with Crippen LogP contribution in [-0.4, -0.2) is 20.5 Å². The lowest BCUT2D eigenvalue weighted by Gasteiger charge is -2.34. The molecule has 0 fully saturated rings. The summed E-state index contributed by atoms with van der Waals surface area (Å²) < 4.78 is 54.6. The summed E-state index contributed by atoms with van der Waals surface area (Å²) in [5.74, 6) is -2.29. The van der Waals surface area contributed by atoms with Gasteiger partial charge in [0.15, 0.2) is 5.78 Å². The maximum atomic E-state index is 14.4. The molecular formula is C17H14F4N4O. The quantitative estimate of drug-likeness (QED) is 0.782. The average Bonchev–Trinajstić information content (AvgIpc) is 2.97. The number of anilines is 1. The van der Waals surface area contributed by atoms with E-state index in [1.165, 1.54) is 18.2 Å². The van der Waals surface area contributed by atoms with Crippen molar-refractivity contribution in [2.24, 2.45) is 5.92 Å². The first kappa shape index (κ1) is 16.7. The van der Waals surface area contributed by atoms with E-state index in [0.29, 0.717) is 12.1 Å². The molecule has 1 aromatic carbocycles. The summed E-state index contributed by atoms with van der Waals surface area (Å²) in [5.41, 5.74) is 0.819. The van der Waals surface area contributed by atoms with Gasteiger partial charge in [-0.25, -0.2) is 9.07 Å². The van der Waals surface area contributed by atoms with Crippen molar-refractivity contribution < 1.29 is 22.4 Å². The highest BCUT2D eigenvalue weighted by Crippen LogP contribution is 2.42. The number of nitrogens with zero attached hydrogens (tertiary/aromatic N) is 3. The number of alkyl halides is 3. The molecule has 4 rings (SSSR count). The van der Waals surface area contributed by atoms with Crippen molar-refractivity contribution >= 4 is 11.7 Å². The summed E-state index contributed by atoms with van der Waals surface area (Å²) >= 11 is 0. The number of carbonyl (C=O) groups excluding carboxylic acids is 1. The molecule has 9 heteroatoms. The largest absolute Gasteiger partial charge is 0.453 e. The Kier molecular flexibility index (Phi) is 3.64. The number of allylic oxidation sites excluding steroid dienone is 2. The van der Waals surface area contributed by atoms with E-state index >= 15 is 0 Å². The van der Waals surface area contributed by atoms with Crippen molar-refractivity contribution in [1.82, 2.24) is 14.8 Å². The molecule has 2 aliphatic rings. The van der Waals surface area contributed by atoms with Crippen molar-refractivity contribution in [3.8, 4) is 0 Å².